The molecule has 3 aromatic rings. The number of hydrogen-bond donors (Lipinski definition) is 2. The van der Waals surface area contributed by atoms with Gasteiger partial charge in [-0.15, -0.1) is 0 Å². The lowest BCUT2D eigenvalue weighted by molar-refractivity contribution is -0.147. The van der Waals surface area contributed by atoms with Crippen molar-refractivity contribution in [3.63, 3.8) is 0 Å². The van der Waals surface area contributed by atoms with E-state index in [0.29, 0.717) is 17.8 Å². The van der Waals surface area contributed by atoms with E-state index in [1.165, 1.54) is 41.6 Å². The topological polar surface area (TPSA) is 162 Å². The monoisotopic (exact) mass is 762 g/mol. The van der Waals surface area contributed by atoms with E-state index >= 15 is 0 Å². The smallest absolute Gasteiger partial charge is 0.328 e. The number of amides is 2. The highest BCUT2D eigenvalue weighted by molar-refractivity contribution is 7.89. The summed E-state index contributed by atoms with van der Waals surface area (Å²) >= 11 is 12.2. The number of alkyl halides is 2. The second-order valence-electron chi connectivity index (χ2n) is 12.2. The Kier molecular flexibility index (Phi) is 11.9. The fourth-order valence-electron chi connectivity index (χ4n) is 6.21. The van der Waals surface area contributed by atoms with Gasteiger partial charge < -0.3 is 15.4 Å². The lowest BCUT2D eigenvalue weighted by atomic mass is 10.0. The van der Waals surface area contributed by atoms with Crippen LogP contribution < -0.4 is 10.6 Å². The molecule has 3 atom stereocenters. The molecule has 2 N–H and O–H groups in total. The third kappa shape index (κ3) is 9.00. The Balaban J connectivity index is 1.37. The maximum absolute atomic E-state index is 14.4. The van der Waals surface area contributed by atoms with Gasteiger partial charge in [0.05, 0.1) is 45.3 Å². The van der Waals surface area contributed by atoms with Crippen LogP contribution in [-0.4, -0.2) is 90.7 Å². The number of likely N-dealkylation sites (tertiary alicyclic amines) is 1. The molecular formula is C34H34Cl2F2N6O6S. The Hall–Kier alpha value is -4.20. The van der Waals surface area contributed by atoms with Crippen LogP contribution in [0.25, 0.3) is 0 Å². The Labute approximate surface area is 303 Å². The zero-order chi connectivity index (χ0) is 36.9. The van der Waals surface area contributed by atoms with E-state index in [-0.39, 0.29) is 64.9 Å². The molecule has 0 bridgehead atoms. The van der Waals surface area contributed by atoms with Gasteiger partial charge in [-0.05, 0) is 62.2 Å². The van der Waals surface area contributed by atoms with Crippen LogP contribution in [0.1, 0.15) is 47.7 Å². The van der Waals surface area contributed by atoms with E-state index in [1.54, 1.807) is 31.2 Å². The third-order valence-electron chi connectivity index (χ3n) is 8.66. The molecule has 0 spiro atoms. The maximum atomic E-state index is 14.4. The minimum absolute atomic E-state index is 0.000704. The number of piperidine rings is 1. The van der Waals surface area contributed by atoms with Gasteiger partial charge in [0.1, 0.15) is 12.1 Å². The molecule has 5 rings (SSSR count). The number of sulfonamides is 1. The van der Waals surface area contributed by atoms with E-state index in [4.69, 9.17) is 27.9 Å². The molecule has 2 saturated heterocycles. The van der Waals surface area contributed by atoms with E-state index in [1.807, 2.05) is 6.07 Å². The van der Waals surface area contributed by atoms with Crippen LogP contribution in [0.5, 0.6) is 0 Å². The number of benzene rings is 2. The molecule has 3 heterocycles. The summed E-state index contributed by atoms with van der Waals surface area (Å²) in [4.78, 5) is 45.0. The van der Waals surface area contributed by atoms with Gasteiger partial charge in [-0.25, -0.2) is 22.0 Å². The highest BCUT2D eigenvalue weighted by Gasteiger charge is 2.48. The second-order valence-corrected chi connectivity index (χ2v) is 14.9. The fraction of sp³-hybridized carbons (Fsp3) is 0.382. The zero-order valence-corrected chi connectivity index (χ0v) is 29.6. The highest BCUT2D eigenvalue weighted by atomic mass is 35.5. The molecule has 2 fully saturated rings. The lowest BCUT2D eigenvalue weighted by Crippen LogP contribution is -2.51. The molecule has 2 aliphatic rings. The molecule has 0 saturated carbocycles. The number of halogens is 4. The average molecular weight is 764 g/mol. The van der Waals surface area contributed by atoms with Crippen LogP contribution in [-0.2, 0) is 30.8 Å². The summed E-state index contributed by atoms with van der Waals surface area (Å²) in [6.07, 6.45) is 2.32. The number of anilines is 1. The Morgan fingerprint density at radius 3 is 2.49 bits per heavy atom. The summed E-state index contributed by atoms with van der Waals surface area (Å²) < 4.78 is 62.9. The van der Waals surface area contributed by atoms with Gasteiger partial charge in [0.15, 0.2) is 0 Å². The van der Waals surface area contributed by atoms with Crippen molar-refractivity contribution in [2.75, 3.05) is 31.6 Å². The molecule has 0 radical (unpaired) electrons. The Morgan fingerprint density at radius 2 is 1.84 bits per heavy atom. The number of nitrogens with zero attached hydrogens (tertiary/aromatic N) is 4. The molecule has 270 valence electrons. The molecule has 2 aliphatic heterocycles. The number of carbonyl (C=O) groups excluding carboxylic acids is 3. The second kappa shape index (κ2) is 16.0. The number of hydrogen-bond acceptors (Lipinski definition) is 9. The SMILES string of the molecule is CCOC(=O)[C@H](Cc1ccc(NC(=O)c2c(Cl)cncc2Cl)cc1)NC(=O)[C@@H]1C[C@@H](N2CCCC(F)(F)C2)CN1S(=O)(=O)c1cccc(C#N)c1. The highest BCUT2D eigenvalue weighted by Crippen LogP contribution is 2.34. The number of carbonyl (C=O) groups is 3. The Bertz CT molecular complexity index is 1930. The molecule has 2 aromatic carbocycles. The van der Waals surface area contributed by atoms with Crippen molar-refractivity contribution in [2.45, 2.75) is 61.6 Å². The molecule has 51 heavy (non-hydrogen) atoms. The van der Waals surface area contributed by atoms with Crippen LogP contribution in [0.3, 0.4) is 0 Å². The van der Waals surface area contributed by atoms with Gasteiger partial charge in [0, 0.05) is 43.5 Å². The summed E-state index contributed by atoms with van der Waals surface area (Å²) in [6.45, 7) is 1.07. The third-order valence-corrected chi connectivity index (χ3v) is 11.1. The number of ether oxygens (including phenoxy) is 1. The van der Waals surface area contributed by atoms with Gasteiger partial charge in [0.25, 0.3) is 11.8 Å². The molecule has 0 aliphatic carbocycles. The number of esters is 1. The zero-order valence-electron chi connectivity index (χ0n) is 27.3. The number of nitrogens with one attached hydrogen (secondary N) is 2. The van der Waals surface area contributed by atoms with Gasteiger partial charge in [-0.2, -0.15) is 9.57 Å². The van der Waals surface area contributed by atoms with Crippen molar-refractivity contribution in [1.82, 2.24) is 19.5 Å². The van der Waals surface area contributed by atoms with Crippen molar-refractivity contribution in [3.8, 4) is 6.07 Å². The van der Waals surface area contributed by atoms with Crippen LogP contribution in [0.4, 0.5) is 14.5 Å². The first kappa shape index (κ1) is 38.0. The molecule has 1 aromatic heterocycles. The molecule has 0 unspecified atom stereocenters. The van der Waals surface area contributed by atoms with Crippen molar-refractivity contribution < 1.29 is 36.3 Å². The minimum Gasteiger partial charge on any atom is -0.464 e. The first-order valence-electron chi connectivity index (χ1n) is 16.0. The predicted molar refractivity (Wildman–Crippen MR) is 184 cm³/mol. The number of rotatable bonds is 11. The quantitative estimate of drug-likeness (QED) is 0.265. The van der Waals surface area contributed by atoms with Crippen molar-refractivity contribution >= 4 is 56.7 Å². The first-order chi connectivity index (χ1) is 24.2. The number of pyridine rings is 1. The van der Waals surface area contributed by atoms with E-state index in [9.17, 15) is 36.8 Å². The lowest BCUT2D eigenvalue weighted by Gasteiger charge is -2.36. The maximum Gasteiger partial charge on any atom is 0.328 e. The van der Waals surface area contributed by atoms with Crippen molar-refractivity contribution in [2.24, 2.45) is 0 Å². The van der Waals surface area contributed by atoms with Crippen LogP contribution in [0.2, 0.25) is 10.0 Å². The minimum atomic E-state index is -4.39. The summed E-state index contributed by atoms with van der Waals surface area (Å²) in [5.41, 5.74) is 1.07. The largest absolute Gasteiger partial charge is 0.464 e. The van der Waals surface area contributed by atoms with Gasteiger partial charge >= 0.3 is 5.97 Å². The summed E-state index contributed by atoms with van der Waals surface area (Å²) in [5.74, 6) is -5.12. The Morgan fingerprint density at radius 1 is 1.14 bits per heavy atom. The van der Waals surface area contributed by atoms with Crippen molar-refractivity contribution in [1.29, 1.82) is 5.26 Å². The summed E-state index contributed by atoms with van der Waals surface area (Å²) in [6, 6.07) is 10.3. The molecule has 17 heteroatoms. The van der Waals surface area contributed by atoms with Crippen LogP contribution in [0.15, 0.2) is 65.8 Å². The number of nitriles is 1. The normalized spacial score (nSPS) is 19.8. The molecule has 12 nitrogen and oxygen atoms in total. The number of aromatic nitrogens is 1. The molecule has 2 amide bonds. The predicted octanol–water partition coefficient (Wildman–Crippen LogP) is 4.67. The fourth-order valence-corrected chi connectivity index (χ4v) is 8.43. The van der Waals surface area contributed by atoms with Gasteiger partial charge in [-0.1, -0.05) is 41.4 Å². The van der Waals surface area contributed by atoms with E-state index in [2.05, 4.69) is 15.6 Å². The summed E-state index contributed by atoms with van der Waals surface area (Å²) in [5, 5.41) is 14.8. The van der Waals surface area contributed by atoms with Gasteiger partial charge in [0.2, 0.25) is 15.9 Å². The van der Waals surface area contributed by atoms with E-state index in [0.717, 1.165) is 4.31 Å². The summed E-state index contributed by atoms with van der Waals surface area (Å²) in [7, 11) is -4.39. The van der Waals surface area contributed by atoms with Crippen LogP contribution >= 0.6 is 23.2 Å². The first-order valence-corrected chi connectivity index (χ1v) is 18.2. The van der Waals surface area contributed by atoms with Gasteiger partial charge in [-0.3, -0.25) is 19.5 Å². The molecular weight excluding hydrogens is 729 g/mol. The van der Waals surface area contributed by atoms with E-state index < -0.39 is 58.4 Å². The van der Waals surface area contributed by atoms with Crippen molar-refractivity contribution in [3.05, 3.63) is 87.7 Å². The average Bonchev–Trinajstić information content (AvgIpc) is 3.55. The van der Waals surface area contributed by atoms with Crippen LogP contribution in [0, 0.1) is 11.3 Å². The standard InChI is InChI=1S/C34H34Cl2F2N6O6S/c1-2-50-33(47)28(14-21-7-9-23(10-8-21)41-32(46)30-26(35)17-40-18-27(30)36)42-31(45)29-15-24(43-12-4-11-34(37,38)20-43)19-44(29)51(48,49)25-6-3-5-22(13-25)16-39/h3,5-10,13,17-18,24,28-29H,2,4,11-12,14-15,19-20H2,1H3,(H,41,46)(H,42,45)/t24-,28+,29+/m1/s1.